The van der Waals surface area contributed by atoms with Crippen molar-refractivity contribution in [2.45, 2.75) is 19.8 Å². The quantitative estimate of drug-likeness (QED) is 0.652. The highest BCUT2D eigenvalue weighted by Crippen LogP contribution is 2.30. The molecule has 0 aliphatic carbocycles. The number of nitro groups is 1. The minimum Gasteiger partial charge on any atom is -0.338 e. The number of carbonyl (C=O) groups is 1. The lowest BCUT2D eigenvalue weighted by Crippen LogP contribution is -2.33. The van der Waals surface area contributed by atoms with Gasteiger partial charge in [0.05, 0.1) is 4.92 Å². The number of amides is 1. The van der Waals surface area contributed by atoms with Gasteiger partial charge in [-0.3, -0.25) is 14.9 Å². The zero-order chi connectivity index (χ0) is 16.6. The monoisotopic (exact) mass is 357 g/mol. The molecule has 24 heavy (non-hydrogen) atoms. The number of nitrogens with zero attached hydrogens (tertiary/aromatic N) is 2. The van der Waals surface area contributed by atoms with E-state index in [1.54, 1.807) is 4.90 Å². The Hall–Kier alpha value is -1.73. The van der Waals surface area contributed by atoms with Gasteiger partial charge in [0.1, 0.15) is 11.4 Å². The van der Waals surface area contributed by atoms with Gasteiger partial charge >= 0.3 is 0 Å². The normalized spacial score (nSPS) is 23.2. The molecule has 1 aromatic carbocycles. The van der Waals surface area contributed by atoms with Crippen molar-refractivity contribution in [3.05, 3.63) is 39.2 Å². The van der Waals surface area contributed by atoms with Crippen molar-refractivity contribution in [1.82, 2.24) is 10.2 Å². The molecular formula is C16H21ClFN3O3. The van der Waals surface area contributed by atoms with E-state index >= 15 is 0 Å². The number of nitro benzene ring substituents is 1. The Morgan fingerprint density at radius 2 is 1.88 bits per heavy atom. The SMILES string of the molecule is Cc1cc(F)cc(C(=O)N2CC[C@@H]3CNC[C@@H]3CC2)c1[N+](=O)[O-].Cl. The summed E-state index contributed by atoms with van der Waals surface area (Å²) in [5, 5.41) is 14.6. The molecule has 1 amide bonds. The molecule has 0 spiro atoms. The van der Waals surface area contributed by atoms with Crippen LogP contribution in [0.1, 0.15) is 28.8 Å². The zero-order valence-electron chi connectivity index (χ0n) is 13.5. The Labute approximate surface area is 146 Å². The highest BCUT2D eigenvalue weighted by Gasteiger charge is 2.34. The van der Waals surface area contributed by atoms with Gasteiger partial charge in [-0.2, -0.15) is 0 Å². The van der Waals surface area contributed by atoms with Crippen molar-refractivity contribution >= 4 is 24.0 Å². The molecule has 2 saturated heterocycles. The standard InChI is InChI=1S/C16H20FN3O3.ClH/c1-10-6-13(17)7-14(15(10)20(22)23)16(21)19-4-2-11-8-18-9-12(11)3-5-19;/h6-7,11-12,18H,2-5,8-9H2,1H3;1H/t11-,12+;. The molecule has 2 aliphatic heterocycles. The molecule has 2 fully saturated rings. The van der Waals surface area contributed by atoms with Crippen LogP contribution < -0.4 is 5.32 Å². The molecule has 132 valence electrons. The van der Waals surface area contributed by atoms with Crippen LogP contribution in [0.4, 0.5) is 10.1 Å². The molecule has 2 heterocycles. The molecule has 1 N–H and O–H groups in total. The number of carbonyl (C=O) groups excluding carboxylic acids is 1. The van der Waals surface area contributed by atoms with Crippen LogP contribution in [0.25, 0.3) is 0 Å². The summed E-state index contributed by atoms with van der Waals surface area (Å²) in [5.74, 6) is 0.0497. The van der Waals surface area contributed by atoms with E-state index in [1.807, 2.05) is 0 Å². The third kappa shape index (κ3) is 3.52. The maximum atomic E-state index is 13.7. The van der Waals surface area contributed by atoms with Gasteiger partial charge < -0.3 is 10.2 Å². The lowest BCUT2D eigenvalue weighted by molar-refractivity contribution is -0.385. The maximum Gasteiger partial charge on any atom is 0.285 e. The Balaban J connectivity index is 0.00000208. The molecule has 8 heteroatoms. The van der Waals surface area contributed by atoms with E-state index in [2.05, 4.69) is 5.32 Å². The van der Waals surface area contributed by atoms with Crippen LogP contribution in [0.2, 0.25) is 0 Å². The van der Waals surface area contributed by atoms with Crippen molar-refractivity contribution < 1.29 is 14.1 Å². The van der Waals surface area contributed by atoms with Gasteiger partial charge in [-0.25, -0.2) is 4.39 Å². The van der Waals surface area contributed by atoms with Crippen LogP contribution in [0.5, 0.6) is 0 Å². The summed E-state index contributed by atoms with van der Waals surface area (Å²) in [6.45, 7) is 4.51. The van der Waals surface area contributed by atoms with Crippen LogP contribution in [0.3, 0.4) is 0 Å². The van der Waals surface area contributed by atoms with E-state index in [4.69, 9.17) is 0 Å². The fourth-order valence-corrected chi connectivity index (χ4v) is 3.73. The van der Waals surface area contributed by atoms with E-state index in [9.17, 15) is 19.3 Å². The minimum absolute atomic E-state index is 0. The molecule has 0 saturated carbocycles. The highest BCUT2D eigenvalue weighted by atomic mass is 35.5. The average Bonchev–Trinajstić information content (AvgIpc) is 2.84. The van der Waals surface area contributed by atoms with E-state index in [1.165, 1.54) is 6.92 Å². The first-order valence-electron chi connectivity index (χ1n) is 7.92. The number of nitrogens with one attached hydrogen (secondary N) is 1. The Morgan fingerprint density at radius 3 is 2.42 bits per heavy atom. The van der Waals surface area contributed by atoms with Gasteiger partial charge in [0.25, 0.3) is 11.6 Å². The van der Waals surface area contributed by atoms with Gasteiger partial charge in [0.2, 0.25) is 0 Å². The summed E-state index contributed by atoms with van der Waals surface area (Å²) in [7, 11) is 0. The number of likely N-dealkylation sites (tertiary alicyclic amines) is 1. The number of benzene rings is 1. The van der Waals surface area contributed by atoms with Crippen molar-refractivity contribution in [1.29, 1.82) is 0 Å². The molecule has 2 aliphatic rings. The molecule has 0 bridgehead atoms. The second kappa shape index (κ2) is 7.44. The summed E-state index contributed by atoms with van der Waals surface area (Å²) < 4.78 is 13.7. The second-order valence-corrected chi connectivity index (χ2v) is 6.42. The van der Waals surface area contributed by atoms with Gasteiger partial charge in [-0.15, -0.1) is 12.4 Å². The molecular weight excluding hydrogens is 337 g/mol. The first kappa shape index (κ1) is 18.6. The predicted molar refractivity (Wildman–Crippen MR) is 90.0 cm³/mol. The fourth-order valence-electron chi connectivity index (χ4n) is 3.73. The summed E-state index contributed by atoms with van der Waals surface area (Å²) in [6.07, 6.45) is 1.76. The first-order chi connectivity index (χ1) is 11.0. The third-order valence-electron chi connectivity index (χ3n) is 4.98. The largest absolute Gasteiger partial charge is 0.338 e. The first-order valence-corrected chi connectivity index (χ1v) is 7.92. The molecule has 0 aromatic heterocycles. The smallest absolute Gasteiger partial charge is 0.285 e. The number of hydrogen-bond donors (Lipinski definition) is 1. The van der Waals surface area contributed by atoms with E-state index in [0.717, 1.165) is 38.1 Å². The fraction of sp³-hybridized carbons (Fsp3) is 0.562. The Morgan fingerprint density at radius 1 is 1.29 bits per heavy atom. The van der Waals surface area contributed by atoms with Gasteiger partial charge in [0.15, 0.2) is 0 Å². The lowest BCUT2D eigenvalue weighted by atomic mass is 9.92. The zero-order valence-corrected chi connectivity index (χ0v) is 14.3. The number of fused-ring (bicyclic) bond motifs is 1. The molecule has 2 atom stereocenters. The highest BCUT2D eigenvalue weighted by molar-refractivity contribution is 5.98. The maximum absolute atomic E-state index is 13.7. The summed E-state index contributed by atoms with van der Waals surface area (Å²) in [4.78, 5) is 25.1. The van der Waals surface area contributed by atoms with Crippen LogP contribution in [-0.2, 0) is 0 Å². The Bertz CT molecular complexity index is 642. The molecule has 6 nitrogen and oxygen atoms in total. The van der Waals surface area contributed by atoms with Gasteiger partial charge in [-0.05, 0) is 56.8 Å². The number of halogens is 2. The third-order valence-corrected chi connectivity index (χ3v) is 4.98. The number of hydrogen-bond acceptors (Lipinski definition) is 4. The molecule has 0 unspecified atom stereocenters. The van der Waals surface area contributed by atoms with Crippen LogP contribution in [0, 0.1) is 34.7 Å². The van der Waals surface area contributed by atoms with Crippen molar-refractivity contribution in [3.8, 4) is 0 Å². The van der Waals surface area contributed by atoms with Crippen LogP contribution in [0.15, 0.2) is 12.1 Å². The number of rotatable bonds is 2. The topological polar surface area (TPSA) is 75.5 Å². The molecule has 1 aromatic rings. The Kier molecular flexibility index (Phi) is 5.77. The average molecular weight is 358 g/mol. The van der Waals surface area contributed by atoms with Crippen molar-refractivity contribution in [2.75, 3.05) is 26.2 Å². The van der Waals surface area contributed by atoms with Crippen molar-refractivity contribution in [3.63, 3.8) is 0 Å². The molecule has 3 rings (SSSR count). The van der Waals surface area contributed by atoms with Crippen LogP contribution in [-0.4, -0.2) is 41.9 Å². The number of aryl methyl sites for hydroxylation is 1. The van der Waals surface area contributed by atoms with Gasteiger partial charge in [0, 0.05) is 18.7 Å². The van der Waals surface area contributed by atoms with Crippen LogP contribution >= 0.6 is 12.4 Å². The summed E-state index contributed by atoms with van der Waals surface area (Å²) in [5.41, 5.74) is -0.255. The van der Waals surface area contributed by atoms with E-state index in [-0.39, 0.29) is 29.2 Å². The summed E-state index contributed by atoms with van der Waals surface area (Å²) in [6, 6.07) is 2.08. The minimum atomic E-state index is -0.618. The predicted octanol–water partition coefficient (Wildman–Crippen LogP) is 2.54. The van der Waals surface area contributed by atoms with E-state index < -0.39 is 16.6 Å². The lowest BCUT2D eigenvalue weighted by Gasteiger charge is -2.21. The summed E-state index contributed by atoms with van der Waals surface area (Å²) >= 11 is 0. The van der Waals surface area contributed by atoms with Crippen molar-refractivity contribution in [2.24, 2.45) is 11.8 Å². The molecule has 0 radical (unpaired) electrons. The van der Waals surface area contributed by atoms with Gasteiger partial charge in [-0.1, -0.05) is 0 Å². The van der Waals surface area contributed by atoms with E-state index in [0.29, 0.717) is 24.9 Å². The second-order valence-electron chi connectivity index (χ2n) is 6.42.